The van der Waals surface area contributed by atoms with Gasteiger partial charge in [-0.25, -0.2) is 12.8 Å². The smallest absolute Gasteiger partial charge is 0.253 e. The number of anilines is 1. The molecule has 0 aliphatic carbocycles. The molecule has 0 atom stereocenters. The van der Waals surface area contributed by atoms with Crippen LogP contribution in [-0.4, -0.2) is 38.6 Å². The Bertz CT molecular complexity index is 1080. The summed E-state index contributed by atoms with van der Waals surface area (Å²) in [5.41, 5.74) is 2.40. The Kier molecular flexibility index (Phi) is 5.89. The Balaban J connectivity index is 1.70. The minimum atomic E-state index is -3.44. The highest BCUT2D eigenvalue weighted by atomic mass is 32.2. The van der Waals surface area contributed by atoms with Gasteiger partial charge < -0.3 is 4.90 Å². The van der Waals surface area contributed by atoms with Crippen molar-refractivity contribution in [1.29, 1.82) is 5.26 Å². The average Bonchev–Trinajstić information content (AvgIpc) is 2.68. The third-order valence-corrected chi connectivity index (χ3v) is 5.74. The zero-order valence-corrected chi connectivity index (χ0v) is 17.1. The number of amides is 1. The number of likely N-dealkylation sites (tertiary alicyclic amines) is 1. The van der Waals surface area contributed by atoms with Gasteiger partial charge in [0.05, 0.1) is 17.5 Å². The van der Waals surface area contributed by atoms with E-state index in [1.54, 1.807) is 36.1 Å². The number of hydrogen-bond donors (Lipinski definition) is 1. The van der Waals surface area contributed by atoms with Crippen LogP contribution >= 0.6 is 0 Å². The van der Waals surface area contributed by atoms with Crippen molar-refractivity contribution in [2.45, 2.75) is 25.7 Å². The molecule has 0 aromatic heterocycles. The fraction of sp³-hybridized carbons (Fsp3) is 0.333. The van der Waals surface area contributed by atoms with E-state index in [1.165, 1.54) is 12.1 Å². The third-order valence-electron chi connectivity index (χ3n) is 5.15. The topological polar surface area (TPSA) is 90.3 Å². The lowest BCUT2D eigenvalue weighted by Gasteiger charge is -2.32. The van der Waals surface area contributed by atoms with Gasteiger partial charge >= 0.3 is 0 Å². The van der Waals surface area contributed by atoms with Gasteiger partial charge in [-0.1, -0.05) is 12.1 Å². The molecule has 1 heterocycles. The Labute approximate surface area is 170 Å². The Morgan fingerprint density at radius 1 is 1.21 bits per heavy atom. The van der Waals surface area contributed by atoms with E-state index in [2.05, 4.69) is 4.72 Å². The van der Waals surface area contributed by atoms with Crippen LogP contribution in [0.2, 0.25) is 0 Å². The predicted octanol–water partition coefficient (Wildman–Crippen LogP) is 3.40. The van der Waals surface area contributed by atoms with Gasteiger partial charge in [0, 0.05) is 18.7 Å². The minimum absolute atomic E-state index is 0.0271. The summed E-state index contributed by atoms with van der Waals surface area (Å²) < 4.78 is 39.4. The molecule has 8 heteroatoms. The number of sulfonamides is 1. The Morgan fingerprint density at radius 3 is 2.48 bits per heavy atom. The summed E-state index contributed by atoms with van der Waals surface area (Å²) in [6, 6.07) is 11.4. The second-order valence-electron chi connectivity index (χ2n) is 7.32. The number of nitrogens with zero attached hydrogens (tertiary/aromatic N) is 2. The highest BCUT2D eigenvalue weighted by Crippen LogP contribution is 2.30. The normalized spacial score (nSPS) is 15.0. The average molecular weight is 415 g/mol. The van der Waals surface area contributed by atoms with Crippen molar-refractivity contribution in [2.75, 3.05) is 24.1 Å². The summed E-state index contributed by atoms with van der Waals surface area (Å²) in [6.45, 7) is 2.81. The van der Waals surface area contributed by atoms with Crippen LogP contribution in [0.1, 0.15) is 45.8 Å². The molecule has 1 aliphatic heterocycles. The molecule has 152 valence electrons. The first-order chi connectivity index (χ1) is 13.7. The maximum atomic E-state index is 13.9. The van der Waals surface area contributed by atoms with Crippen molar-refractivity contribution in [1.82, 2.24) is 4.90 Å². The molecule has 0 unspecified atom stereocenters. The van der Waals surface area contributed by atoms with E-state index >= 15 is 0 Å². The first-order valence-electron chi connectivity index (χ1n) is 9.25. The molecule has 6 nitrogen and oxygen atoms in total. The van der Waals surface area contributed by atoms with Crippen molar-refractivity contribution in [2.24, 2.45) is 0 Å². The van der Waals surface area contributed by atoms with Crippen LogP contribution in [0.5, 0.6) is 0 Å². The molecule has 0 bridgehead atoms. The first kappa shape index (κ1) is 20.8. The van der Waals surface area contributed by atoms with Gasteiger partial charge in [-0.05, 0) is 61.1 Å². The molecular formula is C21H22FN3O3S. The fourth-order valence-corrected chi connectivity index (χ4v) is 4.16. The number of halogens is 1. The van der Waals surface area contributed by atoms with Crippen LogP contribution in [-0.2, 0) is 10.0 Å². The SMILES string of the molecule is Cc1ccc(C(=O)N2CCC(c3ccc(C#N)c(F)c3)CC2)cc1NS(C)(=O)=O. The second kappa shape index (κ2) is 8.21. The Morgan fingerprint density at radius 2 is 1.90 bits per heavy atom. The number of aryl methyl sites for hydroxylation is 1. The van der Waals surface area contributed by atoms with E-state index < -0.39 is 15.8 Å². The number of nitrogens with one attached hydrogen (secondary N) is 1. The van der Waals surface area contributed by atoms with Crippen molar-refractivity contribution in [3.63, 3.8) is 0 Å². The highest BCUT2D eigenvalue weighted by Gasteiger charge is 2.25. The van der Waals surface area contributed by atoms with Gasteiger partial charge in [0.2, 0.25) is 10.0 Å². The molecule has 0 spiro atoms. The molecule has 1 N–H and O–H groups in total. The molecule has 1 aliphatic rings. The summed E-state index contributed by atoms with van der Waals surface area (Å²) in [6.07, 6.45) is 2.45. The van der Waals surface area contributed by atoms with Gasteiger partial charge in [0.1, 0.15) is 11.9 Å². The van der Waals surface area contributed by atoms with Crippen molar-refractivity contribution in [3.05, 3.63) is 64.5 Å². The zero-order valence-electron chi connectivity index (χ0n) is 16.3. The lowest BCUT2D eigenvalue weighted by molar-refractivity contribution is 0.0713. The molecule has 0 radical (unpaired) electrons. The molecule has 1 amide bonds. The quantitative estimate of drug-likeness (QED) is 0.829. The third kappa shape index (κ3) is 4.93. The van der Waals surface area contributed by atoms with Crippen LogP contribution in [0.25, 0.3) is 0 Å². The molecule has 29 heavy (non-hydrogen) atoms. The van der Waals surface area contributed by atoms with Gasteiger partial charge in [0.25, 0.3) is 5.91 Å². The van der Waals surface area contributed by atoms with Crippen LogP contribution in [0.15, 0.2) is 36.4 Å². The number of carbonyl (C=O) groups excluding carboxylic acids is 1. The number of piperidine rings is 1. The molecule has 3 rings (SSSR count). The largest absolute Gasteiger partial charge is 0.339 e. The van der Waals surface area contributed by atoms with E-state index in [-0.39, 0.29) is 17.4 Å². The van der Waals surface area contributed by atoms with Gasteiger partial charge in [0.15, 0.2) is 0 Å². The van der Waals surface area contributed by atoms with E-state index in [0.717, 1.165) is 17.4 Å². The maximum absolute atomic E-state index is 13.9. The maximum Gasteiger partial charge on any atom is 0.253 e. The number of benzene rings is 2. The lowest BCUT2D eigenvalue weighted by Crippen LogP contribution is -2.38. The van der Waals surface area contributed by atoms with E-state index in [4.69, 9.17) is 5.26 Å². The first-order valence-corrected chi connectivity index (χ1v) is 11.1. The van der Waals surface area contributed by atoms with Crippen molar-refractivity contribution >= 4 is 21.6 Å². The summed E-state index contributed by atoms with van der Waals surface area (Å²) in [7, 11) is -3.44. The molecule has 2 aromatic rings. The molecule has 0 saturated carbocycles. The monoisotopic (exact) mass is 415 g/mol. The van der Waals surface area contributed by atoms with E-state index in [1.807, 2.05) is 6.07 Å². The summed E-state index contributed by atoms with van der Waals surface area (Å²) >= 11 is 0. The minimum Gasteiger partial charge on any atom is -0.339 e. The van der Waals surface area contributed by atoms with Crippen molar-refractivity contribution < 1.29 is 17.6 Å². The number of nitriles is 1. The molecule has 1 fully saturated rings. The number of rotatable bonds is 4. The summed E-state index contributed by atoms with van der Waals surface area (Å²) in [4.78, 5) is 14.6. The number of carbonyl (C=O) groups is 1. The van der Waals surface area contributed by atoms with Crippen LogP contribution in [0.4, 0.5) is 10.1 Å². The fourth-order valence-electron chi connectivity index (χ4n) is 3.54. The molecule has 2 aromatic carbocycles. The van der Waals surface area contributed by atoms with E-state index in [0.29, 0.717) is 37.2 Å². The second-order valence-corrected chi connectivity index (χ2v) is 9.07. The lowest BCUT2D eigenvalue weighted by atomic mass is 9.88. The van der Waals surface area contributed by atoms with Crippen molar-refractivity contribution in [3.8, 4) is 6.07 Å². The van der Waals surface area contributed by atoms with Crippen LogP contribution in [0, 0.1) is 24.1 Å². The molecular weight excluding hydrogens is 393 g/mol. The number of hydrogen-bond acceptors (Lipinski definition) is 4. The highest BCUT2D eigenvalue weighted by molar-refractivity contribution is 7.92. The summed E-state index contributed by atoms with van der Waals surface area (Å²) in [5, 5.41) is 8.85. The summed E-state index contributed by atoms with van der Waals surface area (Å²) in [5.74, 6) is -0.554. The predicted molar refractivity (Wildman–Crippen MR) is 109 cm³/mol. The van der Waals surface area contributed by atoms with Crippen LogP contribution < -0.4 is 4.72 Å². The van der Waals surface area contributed by atoms with E-state index in [9.17, 15) is 17.6 Å². The Hall–Kier alpha value is -2.92. The standard InChI is InChI=1S/C21H22FN3O3S/c1-14-3-4-17(12-20(14)24-29(2,27)28)21(26)25-9-7-15(8-10-25)16-5-6-18(13-23)19(22)11-16/h3-6,11-12,15,24H,7-10H2,1-2H3. The zero-order chi connectivity index (χ0) is 21.2. The molecule has 1 saturated heterocycles. The van der Waals surface area contributed by atoms with Crippen LogP contribution in [0.3, 0.4) is 0 Å². The van der Waals surface area contributed by atoms with Gasteiger partial charge in [-0.15, -0.1) is 0 Å². The van der Waals surface area contributed by atoms with Gasteiger partial charge in [-0.3, -0.25) is 9.52 Å². The van der Waals surface area contributed by atoms with Gasteiger partial charge in [-0.2, -0.15) is 5.26 Å².